The molecule has 1 aliphatic heterocycles. The molecule has 94 valence electrons. The lowest BCUT2D eigenvalue weighted by molar-refractivity contribution is -0.130. The van der Waals surface area contributed by atoms with Crippen LogP contribution in [0.25, 0.3) is 0 Å². The smallest absolute Gasteiger partial charge is 0.237 e. The van der Waals surface area contributed by atoms with Crippen molar-refractivity contribution in [3.63, 3.8) is 0 Å². The summed E-state index contributed by atoms with van der Waals surface area (Å²) in [5.74, 6) is 0.720. The molecule has 1 aromatic rings. The van der Waals surface area contributed by atoms with Crippen LogP contribution in [0, 0.1) is 5.92 Å². The first-order valence-electron chi connectivity index (χ1n) is 6.30. The van der Waals surface area contributed by atoms with E-state index < -0.39 is 0 Å². The molecule has 0 saturated carbocycles. The van der Waals surface area contributed by atoms with E-state index in [0.717, 1.165) is 26.1 Å². The first kappa shape index (κ1) is 12.2. The van der Waals surface area contributed by atoms with Gasteiger partial charge in [0.1, 0.15) is 0 Å². The number of aromatic nitrogens is 1. The Morgan fingerprint density at radius 1 is 1.53 bits per heavy atom. The number of carbonyl (C=O) groups is 1. The summed E-state index contributed by atoms with van der Waals surface area (Å²) in [4.78, 5) is 17.2. The fraction of sp³-hybridized carbons (Fsp3) is 0.615. The van der Waals surface area contributed by atoms with Gasteiger partial charge in [-0.15, -0.1) is 0 Å². The molecule has 0 radical (unpaired) electrons. The molecule has 4 nitrogen and oxygen atoms in total. The second-order valence-electron chi connectivity index (χ2n) is 5.13. The van der Waals surface area contributed by atoms with Gasteiger partial charge in [-0.3, -0.25) is 9.69 Å². The number of piperazine rings is 1. The van der Waals surface area contributed by atoms with E-state index in [1.165, 1.54) is 5.56 Å². The lowest BCUT2D eigenvalue weighted by atomic mass is 9.99. The van der Waals surface area contributed by atoms with E-state index in [9.17, 15) is 4.79 Å². The topological polar surface area (TPSA) is 48.1 Å². The van der Waals surface area contributed by atoms with Crippen LogP contribution >= 0.6 is 0 Å². The number of nitrogens with one attached hydrogen (secondary N) is 2. The molecule has 2 N–H and O–H groups in total. The highest BCUT2D eigenvalue weighted by atomic mass is 16.2. The van der Waals surface area contributed by atoms with Gasteiger partial charge < -0.3 is 10.3 Å². The van der Waals surface area contributed by atoms with Crippen molar-refractivity contribution in [2.75, 3.05) is 13.1 Å². The first-order chi connectivity index (χ1) is 8.16. The summed E-state index contributed by atoms with van der Waals surface area (Å²) in [6.45, 7) is 6.88. The number of rotatable bonds is 4. The summed E-state index contributed by atoms with van der Waals surface area (Å²) in [6.07, 6.45) is 4.85. The molecule has 0 unspecified atom stereocenters. The van der Waals surface area contributed by atoms with Gasteiger partial charge in [0.15, 0.2) is 0 Å². The van der Waals surface area contributed by atoms with Gasteiger partial charge in [0.25, 0.3) is 0 Å². The summed E-state index contributed by atoms with van der Waals surface area (Å²) in [5.41, 5.74) is 1.24. The van der Waals surface area contributed by atoms with E-state index in [1.54, 1.807) is 0 Å². The monoisotopic (exact) mass is 235 g/mol. The summed E-state index contributed by atoms with van der Waals surface area (Å²) < 4.78 is 0. The van der Waals surface area contributed by atoms with Crippen molar-refractivity contribution in [2.45, 2.75) is 32.9 Å². The molecule has 1 aromatic heterocycles. The molecule has 0 aromatic carbocycles. The van der Waals surface area contributed by atoms with Crippen molar-refractivity contribution in [1.82, 2.24) is 15.2 Å². The van der Waals surface area contributed by atoms with Crippen molar-refractivity contribution >= 4 is 5.91 Å². The zero-order chi connectivity index (χ0) is 12.3. The SMILES string of the molecule is CC(C)C[C@@H]1C(=O)NCCN1Cc1cc[nH]c1. The molecule has 4 heteroatoms. The third kappa shape index (κ3) is 3.09. The summed E-state index contributed by atoms with van der Waals surface area (Å²) in [6, 6.07) is 2.09. The van der Waals surface area contributed by atoms with E-state index in [4.69, 9.17) is 0 Å². The standard InChI is InChI=1S/C13H21N3O/c1-10(2)7-12-13(17)15-5-6-16(12)9-11-3-4-14-8-11/h3-4,8,10,12,14H,5-7,9H2,1-2H3,(H,15,17)/t12-/m1/s1. The molecule has 2 heterocycles. The van der Waals surface area contributed by atoms with Gasteiger partial charge in [-0.25, -0.2) is 0 Å². The number of aromatic amines is 1. The second-order valence-corrected chi connectivity index (χ2v) is 5.13. The van der Waals surface area contributed by atoms with Crippen molar-refractivity contribution in [2.24, 2.45) is 5.92 Å². The average molecular weight is 235 g/mol. The van der Waals surface area contributed by atoms with E-state index >= 15 is 0 Å². The van der Waals surface area contributed by atoms with E-state index in [0.29, 0.717) is 5.92 Å². The van der Waals surface area contributed by atoms with Crippen LogP contribution in [0.15, 0.2) is 18.5 Å². The molecule has 2 rings (SSSR count). The summed E-state index contributed by atoms with van der Waals surface area (Å²) in [7, 11) is 0. The lowest BCUT2D eigenvalue weighted by Crippen LogP contribution is -2.55. The molecule has 1 amide bonds. The Kier molecular flexibility index (Phi) is 3.84. The number of hydrogen-bond acceptors (Lipinski definition) is 2. The quantitative estimate of drug-likeness (QED) is 0.828. The zero-order valence-electron chi connectivity index (χ0n) is 10.6. The van der Waals surface area contributed by atoms with Crippen LogP contribution in [0.1, 0.15) is 25.8 Å². The Balaban J connectivity index is 2.04. The predicted octanol–water partition coefficient (Wildman–Crippen LogP) is 1.36. The Bertz CT molecular complexity index is 359. The molecule has 1 aliphatic rings. The van der Waals surface area contributed by atoms with Gasteiger partial charge in [-0.1, -0.05) is 13.8 Å². The van der Waals surface area contributed by atoms with Gasteiger partial charge in [0, 0.05) is 32.0 Å². The van der Waals surface area contributed by atoms with Crippen molar-refractivity contribution in [1.29, 1.82) is 0 Å². The second kappa shape index (κ2) is 5.36. The highest BCUT2D eigenvalue weighted by molar-refractivity contribution is 5.82. The van der Waals surface area contributed by atoms with Crippen LogP contribution < -0.4 is 5.32 Å². The number of nitrogens with zero attached hydrogens (tertiary/aromatic N) is 1. The van der Waals surface area contributed by atoms with Crippen LogP contribution in [0.5, 0.6) is 0 Å². The minimum absolute atomic E-state index is 0.0265. The number of hydrogen-bond donors (Lipinski definition) is 2. The minimum Gasteiger partial charge on any atom is -0.367 e. The maximum atomic E-state index is 11.9. The molecule has 0 aliphatic carbocycles. The van der Waals surface area contributed by atoms with Crippen LogP contribution in [0.4, 0.5) is 0 Å². The molecule has 1 saturated heterocycles. The normalized spacial score (nSPS) is 21.8. The molecule has 17 heavy (non-hydrogen) atoms. The van der Waals surface area contributed by atoms with Crippen LogP contribution in [0.3, 0.4) is 0 Å². The molecule has 0 spiro atoms. The fourth-order valence-corrected chi connectivity index (χ4v) is 2.35. The first-order valence-corrected chi connectivity index (χ1v) is 6.30. The van der Waals surface area contributed by atoms with Gasteiger partial charge in [0.05, 0.1) is 6.04 Å². The van der Waals surface area contributed by atoms with Crippen LogP contribution in [0.2, 0.25) is 0 Å². The Morgan fingerprint density at radius 2 is 2.35 bits per heavy atom. The molecular formula is C13H21N3O. The highest BCUT2D eigenvalue weighted by Crippen LogP contribution is 2.17. The van der Waals surface area contributed by atoms with Gasteiger partial charge >= 0.3 is 0 Å². The van der Waals surface area contributed by atoms with Crippen LogP contribution in [-0.2, 0) is 11.3 Å². The van der Waals surface area contributed by atoms with E-state index in [2.05, 4.69) is 35.1 Å². The Labute approximate surface area is 102 Å². The fourth-order valence-electron chi connectivity index (χ4n) is 2.35. The molecule has 1 atom stereocenters. The average Bonchev–Trinajstić information content (AvgIpc) is 2.75. The number of H-pyrrole nitrogens is 1. The van der Waals surface area contributed by atoms with E-state index in [1.807, 2.05) is 12.4 Å². The van der Waals surface area contributed by atoms with Gasteiger partial charge in [-0.2, -0.15) is 0 Å². The number of amides is 1. The minimum atomic E-state index is 0.0265. The molecule has 1 fully saturated rings. The molecular weight excluding hydrogens is 214 g/mol. The van der Waals surface area contributed by atoms with Gasteiger partial charge in [0.2, 0.25) is 5.91 Å². The predicted molar refractivity (Wildman–Crippen MR) is 67.5 cm³/mol. The summed E-state index contributed by atoms with van der Waals surface area (Å²) >= 11 is 0. The third-order valence-electron chi connectivity index (χ3n) is 3.18. The van der Waals surface area contributed by atoms with Gasteiger partial charge in [-0.05, 0) is 24.0 Å². The van der Waals surface area contributed by atoms with Crippen LogP contribution in [-0.4, -0.2) is 34.9 Å². The Morgan fingerprint density at radius 3 is 3.00 bits per heavy atom. The summed E-state index contributed by atoms with van der Waals surface area (Å²) in [5, 5.41) is 2.96. The molecule has 0 bridgehead atoms. The van der Waals surface area contributed by atoms with Crippen molar-refractivity contribution in [3.8, 4) is 0 Å². The largest absolute Gasteiger partial charge is 0.367 e. The lowest BCUT2D eigenvalue weighted by Gasteiger charge is -2.35. The number of carbonyl (C=O) groups excluding carboxylic acids is 1. The van der Waals surface area contributed by atoms with Crippen molar-refractivity contribution in [3.05, 3.63) is 24.0 Å². The maximum Gasteiger partial charge on any atom is 0.237 e. The van der Waals surface area contributed by atoms with Crippen molar-refractivity contribution < 1.29 is 4.79 Å². The zero-order valence-corrected chi connectivity index (χ0v) is 10.6. The third-order valence-corrected chi connectivity index (χ3v) is 3.18. The highest BCUT2D eigenvalue weighted by Gasteiger charge is 2.29. The van der Waals surface area contributed by atoms with E-state index in [-0.39, 0.29) is 11.9 Å². The maximum absolute atomic E-state index is 11.9. The Hall–Kier alpha value is -1.29.